The van der Waals surface area contributed by atoms with E-state index in [0.29, 0.717) is 34.9 Å². The lowest BCUT2D eigenvalue weighted by Gasteiger charge is -2.23. The van der Waals surface area contributed by atoms with E-state index in [1.54, 1.807) is 29.2 Å². The summed E-state index contributed by atoms with van der Waals surface area (Å²) in [6, 6.07) is 32.2. The highest BCUT2D eigenvalue weighted by molar-refractivity contribution is 7.15. The molecule has 38 heavy (non-hydrogen) atoms. The first-order valence-electron chi connectivity index (χ1n) is 12.3. The number of nitrogens with one attached hydrogen (secondary N) is 1. The van der Waals surface area contributed by atoms with E-state index in [1.165, 1.54) is 11.3 Å². The fraction of sp³-hybridized carbons (Fsp3) is 0.0645. The smallest absolute Gasteiger partial charge is 0.258 e. The number of hydrogen-bond acceptors (Lipinski definition) is 5. The van der Waals surface area contributed by atoms with Gasteiger partial charge in [-0.1, -0.05) is 66.7 Å². The minimum Gasteiger partial charge on any atom is -0.375 e. The van der Waals surface area contributed by atoms with Gasteiger partial charge < -0.3 is 16.0 Å². The van der Waals surface area contributed by atoms with E-state index in [-0.39, 0.29) is 11.8 Å². The van der Waals surface area contributed by atoms with Gasteiger partial charge >= 0.3 is 0 Å². The van der Waals surface area contributed by atoms with Gasteiger partial charge in [0.25, 0.3) is 11.8 Å². The fourth-order valence-electron chi connectivity index (χ4n) is 4.80. The minimum atomic E-state index is -0.206. The van der Waals surface area contributed by atoms with Crippen molar-refractivity contribution in [2.45, 2.75) is 6.42 Å². The van der Waals surface area contributed by atoms with Crippen LogP contribution in [0.15, 0.2) is 103 Å². The van der Waals surface area contributed by atoms with Crippen molar-refractivity contribution in [1.82, 2.24) is 4.98 Å². The van der Waals surface area contributed by atoms with Gasteiger partial charge in [-0.2, -0.15) is 0 Å². The molecular weight excluding hydrogens is 492 g/mol. The summed E-state index contributed by atoms with van der Waals surface area (Å²) in [4.78, 5) is 34.2. The maximum absolute atomic E-state index is 13.6. The van der Waals surface area contributed by atoms with Crippen LogP contribution >= 0.6 is 11.3 Å². The Hall–Kier alpha value is -4.75. The molecule has 1 aliphatic heterocycles. The van der Waals surface area contributed by atoms with Gasteiger partial charge in [0.2, 0.25) is 0 Å². The number of para-hydroxylation sites is 1. The van der Waals surface area contributed by atoms with E-state index in [4.69, 9.17) is 5.73 Å². The third-order valence-electron chi connectivity index (χ3n) is 6.62. The van der Waals surface area contributed by atoms with E-state index >= 15 is 0 Å². The minimum absolute atomic E-state index is 0.104. The lowest BCUT2D eigenvalue weighted by molar-refractivity contribution is 0.0986. The maximum atomic E-state index is 13.6. The van der Waals surface area contributed by atoms with Crippen molar-refractivity contribution in [2.75, 3.05) is 22.5 Å². The van der Waals surface area contributed by atoms with Crippen LogP contribution in [0.25, 0.3) is 22.4 Å². The van der Waals surface area contributed by atoms with Gasteiger partial charge in [-0.3, -0.25) is 9.59 Å². The van der Waals surface area contributed by atoms with E-state index < -0.39 is 0 Å². The molecule has 2 heterocycles. The van der Waals surface area contributed by atoms with Gasteiger partial charge in [0.15, 0.2) is 5.13 Å². The number of benzene rings is 4. The van der Waals surface area contributed by atoms with Gasteiger partial charge in [0.1, 0.15) is 0 Å². The number of hydrogen-bond donors (Lipinski definition) is 2. The number of aromatic nitrogens is 1. The summed E-state index contributed by atoms with van der Waals surface area (Å²) in [6.45, 7) is 0.527. The molecule has 0 saturated heterocycles. The highest BCUT2D eigenvalue weighted by Crippen LogP contribution is 2.39. The molecular formula is C31H24N4O2S. The third kappa shape index (κ3) is 4.44. The van der Waals surface area contributed by atoms with Crippen molar-refractivity contribution in [3.8, 4) is 22.4 Å². The number of carbonyl (C=O) groups is 2. The predicted molar refractivity (Wildman–Crippen MR) is 154 cm³/mol. The molecule has 0 spiro atoms. The normalized spacial score (nSPS) is 12.3. The molecule has 0 aliphatic carbocycles. The van der Waals surface area contributed by atoms with Crippen LogP contribution in [0.5, 0.6) is 0 Å². The average molecular weight is 517 g/mol. The molecule has 2 amide bonds. The zero-order valence-electron chi connectivity index (χ0n) is 20.4. The van der Waals surface area contributed by atoms with Gasteiger partial charge in [-0.05, 0) is 47.5 Å². The fourth-order valence-corrected chi connectivity index (χ4v) is 5.64. The third-order valence-corrected chi connectivity index (χ3v) is 7.56. The standard InChI is InChI=1S/C31H24N4O2S/c32-31-34-28-25-12-6-7-13-26(25)35(19-18-27(28)38-31)30(37)21-14-16-22(17-15-21)33-29(36)24-11-5-4-10-23(24)20-8-2-1-3-9-20/h1-17H,18-19H2,(H2,32,34)(H,33,36). The van der Waals surface area contributed by atoms with Crippen LogP contribution in [0.2, 0.25) is 0 Å². The molecule has 4 aromatic carbocycles. The predicted octanol–water partition coefficient (Wildman–Crippen LogP) is 6.51. The molecule has 0 unspecified atom stereocenters. The molecule has 0 radical (unpaired) electrons. The highest BCUT2D eigenvalue weighted by atomic mass is 32.1. The lowest BCUT2D eigenvalue weighted by Crippen LogP contribution is -2.32. The molecule has 3 N–H and O–H groups in total. The summed E-state index contributed by atoms with van der Waals surface area (Å²) in [5.74, 6) is -0.309. The van der Waals surface area contributed by atoms with Crippen LogP contribution in [0.3, 0.4) is 0 Å². The Morgan fingerprint density at radius 1 is 0.816 bits per heavy atom. The SMILES string of the molecule is Nc1nc2c(s1)CCN(C(=O)c1ccc(NC(=O)c3ccccc3-c3ccccc3)cc1)c1ccccc1-2. The van der Waals surface area contributed by atoms with Crippen molar-refractivity contribution in [3.63, 3.8) is 0 Å². The van der Waals surface area contributed by atoms with Crippen LogP contribution in [0.4, 0.5) is 16.5 Å². The van der Waals surface area contributed by atoms with Crippen molar-refractivity contribution in [1.29, 1.82) is 0 Å². The zero-order valence-corrected chi connectivity index (χ0v) is 21.2. The molecule has 0 bridgehead atoms. The summed E-state index contributed by atoms with van der Waals surface area (Å²) in [7, 11) is 0. The van der Waals surface area contributed by atoms with Gasteiger partial charge in [0, 0.05) is 40.2 Å². The summed E-state index contributed by atoms with van der Waals surface area (Å²) >= 11 is 1.47. The highest BCUT2D eigenvalue weighted by Gasteiger charge is 2.27. The first kappa shape index (κ1) is 23.6. The largest absolute Gasteiger partial charge is 0.375 e. The molecule has 186 valence electrons. The Bertz CT molecular complexity index is 1640. The summed E-state index contributed by atoms with van der Waals surface area (Å²) in [6.07, 6.45) is 0.680. The first-order valence-corrected chi connectivity index (χ1v) is 13.1. The average Bonchev–Trinajstić information content (AvgIpc) is 3.27. The second-order valence-electron chi connectivity index (χ2n) is 8.99. The Balaban J connectivity index is 1.23. The van der Waals surface area contributed by atoms with Crippen LogP contribution in [0.1, 0.15) is 25.6 Å². The summed E-state index contributed by atoms with van der Waals surface area (Å²) < 4.78 is 0. The number of fused-ring (bicyclic) bond motifs is 3. The number of amides is 2. The second kappa shape index (κ2) is 9.95. The number of nitrogens with two attached hydrogens (primary N) is 1. The maximum Gasteiger partial charge on any atom is 0.258 e. The Morgan fingerprint density at radius 3 is 2.29 bits per heavy atom. The Morgan fingerprint density at radius 2 is 1.50 bits per heavy atom. The zero-order chi connectivity index (χ0) is 26.1. The molecule has 1 aliphatic rings. The second-order valence-corrected chi connectivity index (χ2v) is 10.1. The molecule has 0 fully saturated rings. The molecule has 6 rings (SSSR count). The number of nitrogens with zero attached hydrogens (tertiary/aromatic N) is 2. The van der Waals surface area contributed by atoms with E-state index in [2.05, 4.69) is 10.3 Å². The van der Waals surface area contributed by atoms with Crippen molar-refractivity contribution in [2.24, 2.45) is 0 Å². The van der Waals surface area contributed by atoms with Crippen LogP contribution < -0.4 is 16.0 Å². The monoisotopic (exact) mass is 516 g/mol. The Kier molecular flexibility index (Phi) is 6.19. The molecule has 7 heteroatoms. The number of rotatable bonds is 4. The lowest BCUT2D eigenvalue weighted by atomic mass is 9.99. The van der Waals surface area contributed by atoms with Crippen molar-refractivity contribution in [3.05, 3.63) is 119 Å². The number of thiazole rings is 1. The van der Waals surface area contributed by atoms with Gasteiger partial charge in [0.05, 0.1) is 11.4 Å². The molecule has 1 aromatic heterocycles. The topological polar surface area (TPSA) is 88.3 Å². The first-order chi connectivity index (χ1) is 18.6. The number of anilines is 3. The molecule has 0 saturated carbocycles. The number of carbonyl (C=O) groups excluding carboxylic acids is 2. The Labute approximate surface area is 224 Å². The molecule has 0 atom stereocenters. The summed E-state index contributed by atoms with van der Waals surface area (Å²) in [5, 5.41) is 3.51. The van der Waals surface area contributed by atoms with Crippen molar-refractivity contribution >= 4 is 39.7 Å². The van der Waals surface area contributed by atoms with E-state index in [1.807, 2.05) is 78.9 Å². The molecule has 5 aromatic rings. The van der Waals surface area contributed by atoms with E-state index in [0.717, 1.165) is 32.9 Å². The van der Waals surface area contributed by atoms with Crippen LogP contribution in [-0.4, -0.2) is 23.3 Å². The van der Waals surface area contributed by atoms with Crippen LogP contribution in [-0.2, 0) is 6.42 Å². The van der Waals surface area contributed by atoms with Crippen LogP contribution in [0, 0.1) is 0 Å². The summed E-state index contributed by atoms with van der Waals surface area (Å²) in [5.41, 5.74) is 12.1. The van der Waals surface area contributed by atoms with Gasteiger partial charge in [-0.25, -0.2) is 4.98 Å². The molecule has 6 nitrogen and oxygen atoms in total. The number of nitrogen functional groups attached to an aromatic ring is 1. The quantitative estimate of drug-likeness (QED) is 0.285. The van der Waals surface area contributed by atoms with Crippen molar-refractivity contribution < 1.29 is 9.59 Å². The van der Waals surface area contributed by atoms with Gasteiger partial charge in [-0.15, -0.1) is 11.3 Å². The van der Waals surface area contributed by atoms with E-state index in [9.17, 15) is 9.59 Å².